The number of aromatic nitrogens is 2. The van der Waals surface area contributed by atoms with Gasteiger partial charge in [0.1, 0.15) is 5.03 Å². The van der Waals surface area contributed by atoms with Gasteiger partial charge in [0.2, 0.25) is 0 Å². The summed E-state index contributed by atoms with van der Waals surface area (Å²) in [5.74, 6) is 0.877. The van der Waals surface area contributed by atoms with Crippen molar-refractivity contribution in [1.82, 2.24) is 9.55 Å². The summed E-state index contributed by atoms with van der Waals surface area (Å²) in [5, 5.41) is 0.945. The Labute approximate surface area is 129 Å². The average Bonchev–Trinajstić information content (AvgIpc) is 2.95. The predicted molar refractivity (Wildman–Crippen MR) is 86.9 cm³/mol. The molecule has 0 unspecified atom stereocenters. The Kier molecular flexibility index (Phi) is 4.15. The monoisotopic (exact) mass is 300 g/mol. The summed E-state index contributed by atoms with van der Waals surface area (Å²) in [4.78, 5) is 16.5. The lowest BCUT2D eigenvalue weighted by atomic mass is 10.1. The zero-order valence-electron chi connectivity index (χ0n) is 12.6. The van der Waals surface area contributed by atoms with Crippen LogP contribution in [0.25, 0.3) is 0 Å². The maximum atomic E-state index is 12.1. The highest BCUT2D eigenvalue weighted by Gasteiger charge is 2.21. The summed E-state index contributed by atoms with van der Waals surface area (Å²) in [6, 6.07) is 8.40. The van der Waals surface area contributed by atoms with Gasteiger partial charge in [-0.1, -0.05) is 24.3 Å². The van der Waals surface area contributed by atoms with Crippen LogP contribution in [0.5, 0.6) is 0 Å². The molecule has 0 bridgehead atoms. The Morgan fingerprint density at radius 1 is 1.29 bits per heavy atom. The Bertz CT molecular complexity index is 721. The molecular formula is C17H20N2OS. The van der Waals surface area contributed by atoms with Crippen LogP contribution in [0.4, 0.5) is 0 Å². The number of fused-ring (bicyclic) bond motifs is 1. The standard InChI is InChI=1S/C17H20N2OS/c1-3-19-15-10-6-9-14(15)16(18-17(19)20)21-11-13-8-5-4-7-12(13)2/h4-5,7-8H,3,6,9-11H2,1-2H3. The van der Waals surface area contributed by atoms with E-state index in [1.165, 1.54) is 22.4 Å². The fourth-order valence-corrected chi connectivity index (χ4v) is 4.10. The lowest BCUT2D eigenvalue weighted by molar-refractivity contribution is 0.645. The molecule has 0 radical (unpaired) electrons. The van der Waals surface area contributed by atoms with Gasteiger partial charge in [0.15, 0.2) is 0 Å². The van der Waals surface area contributed by atoms with Crippen molar-refractivity contribution in [3.05, 3.63) is 57.1 Å². The highest BCUT2D eigenvalue weighted by atomic mass is 32.2. The maximum absolute atomic E-state index is 12.1. The maximum Gasteiger partial charge on any atom is 0.348 e. The van der Waals surface area contributed by atoms with E-state index >= 15 is 0 Å². The van der Waals surface area contributed by atoms with Crippen LogP contribution in [0, 0.1) is 6.92 Å². The quantitative estimate of drug-likeness (QED) is 0.641. The van der Waals surface area contributed by atoms with Crippen molar-refractivity contribution in [2.75, 3.05) is 0 Å². The van der Waals surface area contributed by atoms with Gasteiger partial charge in [-0.15, -0.1) is 11.8 Å². The van der Waals surface area contributed by atoms with Gasteiger partial charge in [0, 0.05) is 23.6 Å². The third-order valence-electron chi connectivity index (χ3n) is 4.14. The summed E-state index contributed by atoms with van der Waals surface area (Å²) in [6.07, 6.45) is 3.20. The van der Waals surface area contributed by atoms with Crippen LogP contribution in [0.3, 0.4) is 0 Å². The molecule has 1 aromatic heterocycles. The number of nitrogens with zero attached hydrogens (tertiary/aromatic N) is 2. The van der Waals surface area contributed by atoms with Crippen LogP contribution in [-0.2, 0) is 25.1 Å². The zero-order chi connectivity index (χ0) is 14.8. The molecule has 0 fully saturated rings. The average molecular weight is 300 g/mol. The normalized spacial score (nSPS) is 13.4. The number of hydrogen-bond donors (Lipinski definition) is 0. The molecule has 0 saturated carbocycles. The molecule has 3 rings (SSSR count). The Morgan fingerprint density at radius 2 is 2.10 bits per heavy atom. The first kappa shape index (κ1) is 14.4. The molecule has 1 heterocycles. The van der Waals surface area contributed by atoms with E-state index in [0.717, 1.165) is 36.6 Å². The van der Waals surface area contributed by atoms with E-state index in [9.17, 15) is 4.79 Å². The van der Waals surface area contributed by atoms with Gasteiger partial charge in [-0.25, -0.2) is 4.79 Å². The molecule has 21 heavy (non-hydrogen) atoms. The molecule has 2 aromatic rings. The summed E-state index contributed by atoms with van der Waals surface area (Å²) in [7, 11) is 0. The molecule has 0 N–H and O–H groups in total. The molecule has 3 nitrogen and oxygen atoms in total. The van der Waals surface area contributed by atoms with Gasteiger partial charge in [0.25, 0.3) is 0 Å². The van der Waals surface area contributed by atoms with Gasteiger partial charge in [-0.3, -0.25) is 4.57 Å². The molecule has 110 valence electrons. The first-order valence-electron chi connectivity index (χ1n) is 7.50. The van der Waals surface area contributed by atoms with Gasteiger partial charge >= 0.3 is 5.69 Å². The molecule has 4 heteroatoms. The van der Waals surface area contributed by atoms with E-state index in [0.29, 0.717) is 0 Å². The van der Waals surface area contributed by atoms with E-state index in [4.69, 9.17) is 0 Å². The molecule has 1 aliphatic carbocycles. The van der Waals surface area contributed by atoms with Gasteiger partial charge in [0.05, 0.1) is 0 Å². The van der Waals surface area contributed by atoms with Gasteiger partial charge in [-0.2, -0.15) is 4.98 Å². The SMILES string of the molecule is CCn1c2c(c(SCc3ccccc3C)nc1=O)CCC2. The lowest BCUT2D eigenvalue weighted by Gasteiger charge is -2.12. The largest absolute Gasteiger partial charge is 0.348 e. The minimum atomic E-state index is -0.0922. The second kappa shape index (κ2) is 6.06. The van der Waals surface area contributed by atoms with E-state index in [1.54, 1.807) is 11.8 Å². The smallest absolute Gasteiger partial charge is 0.296 e. The van der Waals surface area contributed by atoms with Crippen molar-refractivity contribution in [2.45, 2.75) is 50.4 Å². The molecule has 0 amide bonds. The highest BCUT2D eigenvalue weighted by Crippen LogP contribution is 2.31. The zero-order valence-corrected chi connectivity index (χ0v) is 13.4. The summed E-state index contributed by atoms with van der Waals surface area (Å²) >= 11 is 1.70. The van der Waals surface area contributed by atoms with E-state index in [2.05, 4.69) is 36.2 Å². The van der Waals surface area contributed by atoms with Crippen LogP contribution in [0.2, 0.25) is 0 Å². The van der Waals surface area contributed by atoms with Crippen LogP contribution in [0.15, 0.2) is 34.1 Å². The molecular weight excluding hydrogens is 280 g/mol. The molecule has 1 aliphatic rings. The highest BCUT2D eigenvalue weighted by molar-refractivity contribution is 7.98. The van der Waals surface area contributed by atoms with Crippen LogP contribution in [0.1, 0.15) is 35.7 Å². The summed E-state index contributed by atoms with van der Waals surface area (Å²) in [5.41, 5.74) is 5.03. The minimum Gasteiger partial charge on any atom is -0.296 e. The number of thioether (sulfide) groups is 1. The third kappa shape index (κ3) is 2.77. The molecule has 0 saturated heterocycles. The number of benzene rings is 1. The van der Waals surface area contributed by atoms with E-state index in [1.807, 2.05) is 11.5 Å². The number of rotatable bonds is 4. The first-order valence-corrected chi connectivity index (χ1v) is 8.49. The minimum absolute atomic E-state index is 0.0922. The van der Waals surface area contributed by atoms with Crippen molar-refractivity contribution in [3.8, 4) is 0 Å². The Hall–Kier alpha value is -1.55. The van der Waals surface area contributed by atoms with Crippen LogP contribution in [-0.4, -0.2) is 9.55 Å². The van der Waals surface area contributed by atoms with E-state index in [-0.39, 0.29) is 5.69 Å². The van der Waals surface area contributed by atoms with Gasteiger partial charge < -0.3 is 0 Å². The van der Waals surface area contributed by atoms with Crippen LogP contribution < -0.4 is 5.69 Å². The first-order chi connectivity index (χ1) is 10.2. The van der Waals surface area contributed by atoms with Crippen molar-refractivity contribution < 1.29 is 0 Å². The second-order valence-electron chi connectivity index (χ2n) is 5.44. The van der Waals surface area contributed by atoms with Crippen molar-refractivity contribution in [2.24, 2.45) is 0 Å². The molecule has 0 aliphatic heterocycles. The topological polar surface area (TPSA) is 34.9 Å². The summed E-state index contributed by atoms with van der Waals surface area (Å²) in [6.45, 7) is 4.86. The number of hydrogen-bond acceptors (Lipinski definition) is 3. The van der Waals surface area contributed by atoms with Crippen molar-refractivity contribution in [1.29, 1.82) is 0 Å². The predicted octanol–water partition coefficient (Wildman–Crippen LogP) is 3.35. The van der Waals surface area contributed by atoms with Crippen molar-refractivity contribution in [3.63, 3.8) is 0 Å². The molecule has 0 atom stereocenters. The molecule has 0 spiro atoms. The van der Waals surface area contributed by atoms with Gasteiger partial charge in [-0.05, 0) is 44.2 Å². The van der Waals surface area contributed by atoms with Crippen LogP contribution >= 0.6 is 11.8 Å². The Balaban J connectivity index is 1.90. The molecule has 1 aromatic carbocycles. The second-order valence-corrected chi connectivity index (χ2v) is 6.40. The lowest BCUT2D eigenvalue weighted by Crippen LogP contribution is -2.26. The summed E-state index contributed by atoms with van der Waals surface area (Å²) < 4.78 is 1.83. The van der Waals surface area contributed by atoms with E-state index < -0.39 is 0 Å². The number of aryl methyl sites for hydroxylation is 1. The fraction of sp³-hybridized carbons (Fsp3) is 0.412. The Morgan fingerprint density at radius 3 is 2.86 bits per heavy atom. The van der Waals surface area contributed by atoms with Crippen molar-refractivity contribution >= 4 is 11.8 Å². The fourth-order valence-electron chi connectivity index (χ4n) is 2.95. The third-order valence-corrected chi connectivity index (χ3v) is 5.21.